The second kappa shape index (κ2) is 6.95. The minimum Gasteiger partial charge on any atom is -0.493 e. The first-order valence-corrected chi connectivity index (χ1v) is 8.00. The molecule has 0 atom stereocenters. The summed E-state index contributed by atoms with van der Waals surface area (Å²) in [6, 6.07) is 3.61. The number of ether oxygens (including phenoxy) is 3. The summed E-state index contributed by atoms with van der Waals surface area (Å²) in [5.74, 6) is 1.53. The van der Waals surface area contributed by atoms with Gasteiger partial charge in [0.15, 0.2) is 22.7 Å². The lowest BCUT2D eigenvalue weighted by Crippen LogP contribution is -2.35. The van der Waals surface area contributed by atoms with Gasteiger partial charge in [0.1, 0.15) is 0 Å². The Balaban J connectivity index is 2.13. The van der Waals surface area contributed by atoms with Crippen LogP contribution in [-0.4, -0.2) is 40.4 Å². The SMILES string of the molecule is CCn1c(=O)[nH]c2ncn(Cc3cc(OC)c(OC)c(OC)c3)c2c1=O. The van der Waals surface area contributed by atoms with Gasteiger partial charge in [-0.15, -0.1) is 0 Å². The summed E-state index contributed by atoms with van der Waals surface area (Å²) in [6.07, 6.45) is 1.52. The van der Waals surface area contributed by atoms with Gasteiger partial charge in [0, 0.05) is 13.1 Å². The molecule has 1 N–H and O–H groups in total. The van der Waals surface area contributed by atoms with E-state index in [0.717, 1.165) is 10.1 Å². The van der Waals surface area contributed by atoms with Crippen LogP contribution < -0.4 is 25.5 Å². The van der Waals surface area contributed by atoms with E-state index in [1.54, 1.807) is 37.8 Å². The third-order valence-corrected chi connectivity index (χ3v) is 4.15. The largest absolute Gasteiger partial charge is 0.493 e. The number of H-pyrrole nitrogens is 1. The van der Waals surface area contributed by atoms with Crippen LogP contribution in [0, 0.1) is 0 Å². The standard InChI is InChI=1S/C17H20N4O5/c1-5-21-16(22)13-15(19-17(21)23)18-9-20(13)8-10-6-11(24-2)14(26-4)12(7-10)25-3/h6-7,9H,5,8H2,1-4H3,(H,19,23). The van der Waals surface area contributed by atoms with E-state index >= 15 is 0 Å². The quantitative estimate of drug-likeness (QED) is 0.703. The third-order valence-electron chi connectivity index (χ3n) is 4.15. The molecule has 2 heterocycles. The number of hydrogen-bond donors (Lipinski definition) is 1. The second-order valence-electron chi connectivity index (χ2n) is 5.58. The highest BCUT2D eigenvalue weighted by Gasteiger charge is 2.16. The van der Waals surface area contributed by atoms with Crippen molar-refractivity contribution in [3.63, 3.8) is 0 Å². The number of aromatic amines is 1. The van der Waals surface area contributed by atoms with Crippen LogP contribution in [0.15, 0.2) is 28.0 Å². The van der Waals surface area contributed by atoms with Crippen molar-refractivity contribution in [2.24, 2.45) is 0 Å². The average molecular weight is 360 g/mol. The number of methoxy groups -OCH3 is 3. The maximum absolute atomic E-state index is 12.6. The van der Waals surface area contributed by atoms with E-state index in [2.05, 4.69) is 9.97 Å². The number of nitrogens with zero attached hydrogens (tertiary/aromatic N) is 3. The van der Waals surface area contributed by atoms with Gasteiger partial charge in [-0.1, -0.05) is 0 Å². The van der Waals surface area contributed by atoms with E-state index in [0.29, 0.717) is 29.3 Å². The summed E-state index contributed by atoms with van der Waals surface area (Å²) in [5.41, 5.74) is 0.573. The molecule has 0 aliphatic heterocycles. The molecule has 1 aromatic carbocycles. The lowest BCUT2D eigenvalue weighted by Gasteiger charge is -2.14. The number of benzene rings is 1. The Morgan fingerprint density at radius 2 is 1.73 bits per heavy atom. The minimum atomic E-state index is -0.469. The zero-order valence-corrected chi connectivity index (χ0v) is 15.0. The van der Waals surface area contributed by atoms with Crippen LogP contribution in [0.4, 0.5) is 0 Å². The number of nitrogens with one attached hydrogen (secondary N) is 1. The highest BCUT2D eigenvalue weighted by molar-refractivity contribution is 5.69. The Labute approximate surface area is 148 Å². The van der Waals surface area contributed by atoms with Gasteiger partial charge < -0.3 is 18.8 Å². The number of aromatic nitrogens is 4. The summed E-state index contributed by atoms with van der Waals surface area (Å²) in [4.78, 5) is 31.3. The summed E-state index contributed by atoms with van der Waals surface area (Å²) in [7, 11) is 4.61. The van der Waals surface area contributed by atoms with Crippen molar-refractivity contribution in [1.29, 1.82) is 0 Å². The maximum atomic E-state index is 12.6. The third kappa shape index (κ3) is 2.81. The van der Waals surface area contributed by atoms with Gasteiger partial charge in [-0.2, -0.15) is 0 Å². The Morgan fingerprint density at radius 3 is 2.27 bits per heavy atom. The normalized spacial score (nSPS) is 10.9. The fourth-order valence-corrected chi connectivity index (χ4v) is 2.92. The predicted molar refractivity (Wildman–Crippen MR) is 95.5 cm³/mol. The molecule has 0 bridgehead atoms. The summed E-state index contributed by atoms with van der Waals surface area (Å²) in [6.45, 7) is 2.36. The fraction of sp³-hybridized carbons (Fsp3) is 0.353. The predicted octanol–water partition coefficient (Wildman–Crippen LogP) is 0.980. The van der Waals surface area contributed by atoms with Gasteiger partial charge in [-0.05, 0) is 24.6 Å². The monoisotopic (exact) mass is 360 g/mol. The van der Waals surface area contributed by atoms with Crippen molar-refractivity contribution < 1.29 is 14.2 Å². The first-order chi connectivity index (χ1) is 12.5. The molecule has 0 saturated heterocycles. The van der Waals surface area contributed by atoms with Crippen molar-refractivity contribution in [1.82, 2.24) is 19.1 Å². The van der Waals surface area contributed by atoms with E-state index in [1.807, 2.05) is 0 Å². The smallest absolute Gasteiger partial charge is 0.330 e. The van der Waals surface area contributed by atoms with E-state index in [1.165, 1.54) is 13.4 Å². The molecule has 26 heavy (non-hydrogen) atoms. The molecule has 0 radical (unpaired) electrons. The molecule has 0 unspecified atom stereocenters. The van der Waals surface area contributed by atoms with Crippen LogP contribution in [-0.2, 0) is 13.1 Å². The van der Waals surface area contributed by atoms with Crippen molar-refractivity contribution in [2.45, 2.75) is 20.0 Å². The average Bonchev–Trinajstić information content (AvgIpc) is 3.03. The zero-order valence-electron chi connectivity index (χ0n) is 15.0. The fourth-order valence-electron chi connectivity index (χ4n) is 2.92. The highest BCUT2D eigenvalue weighted by Crippen LogP contribution is 2.38. The van der Waals surface area contributed by atoms with E-state index < -0.39 is 5.69 Å². The molecule has 138 valence electrons. The number of fused-ring (bicyclic) bond motifs is 1. The lowest BCUT2D eigenvalue weighted by atomic mass is 10.1. The van der Waals surface area contributed by atoms with Crippen LogP contribution in [0.2, 0.25) is 0 Å². The molecule has 0 aliphatic rings. The molecular weight excluding hydrogens is 340 g/mol. The number of rotatable bonds is 6. The molecular formula is C17H20N4O5. The minimum absolute atomic E-state index is 0.261. The van der Waals surface area contributed by atoms with Crippen LogP contribution in [0.1, 0.15) is 12.5 Å². The molecule has 2 aromatic heterocycles. The van der Waals surface area contributed by atoms with Crippen LogP contribution >= 0.6 is 0 Å². The van der Waals surface area contributed by atoms with Gasteiger partial charge in [-0.3, -0.25) is 14.3 Å². The van der Waals surface area contributed by atoms with Crippen LogP contribution in [0.25, 0.3) is 11.2 Å². The van der Waals surface area contributed by atoms with Crippen molar-refractivity contribution in [3.8, 4) is 17.2 Å². The molecule has 0 amide bonds. The van der Waals surface area contributed by atoms with Crippen molar-refractivity contribution in [3.05, 3.63) is 44.9 Å². The van der Waals surface area contributed by atoms with E-state index in [-0.39, 0.29) is 17.8 Å². The molecule has 9 nitrogen and oxygen atoms in total. The Morgan fingerprint density at radius 1 is 1.08 bits per heavy atom. The van der Waals surface area contributed by atoms with Gasteiger partial charge in [-0.25, -0.2) is 9.78 Å². The number of hydrogen-bond acceptors (Lipinski definition) is 6. The van der Waals surface area contributed by atoms with Gasteiger partial charge in [0.2, 0.25) is 5.75 Å². The van der Waals surface area contributed by atoms with Gasteiger partial charge in [0.05, 0.1) is 27.7 Å². The lowest BCUT2D eigenvalue weighted by molar-refractivity contribution is 0.323. The molecule has 3 aromatic rings. The highest BCUT2D eigenvalue weighted by atomic mass is 16.5. The molecule has 9 heteroatoms. The second-order valence-corrected chi connectivity index (χ2v) is 5.58. The summed E-state index contributed by atoms with van der Waals surface area (Å²) < 4.78 is 18.9. The van der Waals surface area contributed by atoms with E-state index in [9.17, 15) is 9.59 Å². The molecule has 0 saturated carbocycles. The first-order valence-electron chi connectivity index (χ1n) is 8.00. The zero-order chi connectivity index (χ0) is 18.8. The Bertz CT molecular complexity index is 1040. The van der Waals surface area contributed by atoms with Gasteiger partial charge >= 0.3 is 5.69 Å². The first kappa shape index (κ1) is 17.6. The summed E-state index contributed by atoms with van der Waals surface area (Å²) in [5, 5.41) is 0. The van der Waals surface area contributed by atoms with Gasteiger partial charge in [0.25, 0.3) is 5.56 Å². The molecule has 3 rings (SSSR count). The van der Waals surface area contributed by atoms with E-state index in [4.69, 9.17) is 14.2 Å². The summed E-state index contributed by atoms with van der Waals surface area (Å²) >= 11 is 0. The molecule has 0 aliphatic carbocycles. The number of imidazole rings is 1. The Hall–Kier alpha value is -3.23. The van der Waals surface area contributed by atoms with Crippen LogP contribution in [0.5, 0.6) is 17.2 Å². The molecule has 0 fully saturated rings. The maximum Gasteiger partial charge on any atom is 0.330 e. The van der Waals surface area contributed by atoms with Crippen molar-refractivity contribution in [2.75, 3.05) is 21.3 Å². The Kier molecular flexibility index (Phi) is 4.70. The molecule has 0 spiro atoms. The topological polar surface area (TPSA) is 100 Å². The van der Waals surface area contributed by atoms with Crippen LogP contribution in [0.3, 0.4) is 0 Å². The van der Waals surface area contributed by atoms with Crippen molar-refractivity contribution >= 4 is 11.2 Å².